The number of rotatable bonds is 5. The third kappa shape index (κ3) is 3.20. The highest BCUT2D eigenvalue weighted by molar-refractivity contribution is 5.80. The smallest absolute Gasteiger partial charge is 0.00574 e. The fourth-order valence-electron chi connectivity index (χ4n) is 7.93. The highest BCUT2D eigenvalue weighted by Gasteiger charge is 2.50. The zero-order valence-electron chi connectivity index (χ0n) is 17.9. The average molecular weight is 383 g/mol. The van der Waals surface area contributed by atoms with Crippen LogP contribution in [0.15, 0.2) is 48.0 Å². The minimum atomic E-state index is 0.657. The first-order valence-corrected chi connectivity index (χ1v) is 12.1. The van der Waals surface area contributed by atoms with Gasteiger partial charge in [-0.15, -0.1) is 0 Å². The normalized spacial score (nSPS) is 31.8. The molecule has 0 heteroatoms. The summed E-state index contributed by atoms with van der Waals surface area (Å²) >= 11 is 0. The molecule has 0 atom stereocenters. The molecule has 0 saturated heterocycles. The Morgan fingerprint density at radius 3 is 2.21 bits per heavy atom. The largest absolute Gasteiger partial charge is 0.0651 e. The molecule has 0 aromatic heterocycles. The van der Waals surface area contributed by atoms with Gasteiger partial charge in [-0.25, -0.2) is 0 Å². The van der Waals surface area contributed by atoms with Gasteiger partial charge < -0.3 is 0 Å². The van der Waals surface area contributed by atoms with Crippen molar-refractivity contribution in [2.75, 3.05) is 0 Å². The van der Waals surface area contributed by atoms with E-state index in [-0.39, 0.29) is 0 Å². The number of hydrogen-bond acceptors (Lipinski definition) is 0. The molecule has 2 aromatic rings. The number of allylic oxidation sites excluding steroid dienone is 1. The van der Waals surface area contributed by atoms with Crippen LogP contribution in [0.1, 0.15) is 75.0 Å². The van der Waals surface area contributed by atoms with E-state index in [1.807, 2.05) is 0 Å². The molecule has 5 aliphatic carbocycles. The van der Waals surface area contributed by atoms with Crippen molar-refractivity contribution in [1.29, 1.82) is 0 Å². The molecule has 7 rings (SSSR count). The Bertz CT molecular complexity index is 907. The second kappa shape index (κ2) is 6.86. The Hall–Kier alpha value is -1.82. The van der Waals surface area contributed by atoms with E-state index in [1.165, 1.54) is 67.2 Å². The van der Waals surface area contributed by atoms with Crippen LogP contribution in [-0.4, -0.2) is 0 Å². The van der Waals surface area contributed by atoms with Gasteiger partial charge in [0.2, 0.25) is 0 Å². The van der Waals surface area contributed by atoms with Crippen LogP contribution in [0.25, 0.3) is 17.2 Å². The van der Waals surface area contributed by atoms with Crippen molar-refractivity contribution < 1.29 is 0 Å². The van der Waals surface area contributed by atoms with Crippen LogP contribution in [0.5, 0.6) is 0 Å². The predicted molar refractivity (Wildman–Crippen MR) is 123 cm³/mol. The number of aryl methyl sites for hydroxylation is 1. The van der Waals surface area contributed by atoms with Crippen LogP contribution in [0, 0.1) is 23.2 Å². The quantitative estimate of drug-likeness (QED) is 0.494. The molecule has 0 N–H and O–H groups in total. The van der Waals surface area contributed by atoms with E-state index in [2.05, 4.69) is 55.5 Å². The van der Waals surface area contributed by atoms with Crippen molar-refractivity contribution in [3.05, 3.63) is 64.7 Å². The summed E-state index contributed by atoms with van der Waals surface area (Å²) in [6.07, 6.45) is 16.8. The lowest BCUT2D eigenvalue weighted by atomic mass is 9.48. The van der Waals surface area contributed by atoms with Crippen LogP contribution >= 0.6 is 0 Å². The summed E-state index contributed by atoms with van der Waals surface area (Å²) in [6, 6.07) is 16.3. The molecule has 4 bridgehead atoms. The molecule has 2 aromatic carbocycles. The highest BCUT2D eigenvalue weighted by atomic mass is 14.6. The van der Waals surface area contributed by atoms with Crippen LogP contribution in [0.4, 0.5) is 0 Å². The molecule has 0 amide bonds. The van der Waals surface area contributed by atoms with Crippen LogP contribution in [0.3, 0.4) is 0 Å². The summed E-state index contributed by atoms with van der Waals surface area (Å²) in [4.78, 5) is 0. The molecule has 4 fully saturated rings. The van der Waals surface area contributed by atoms with Crippen molar-refractivity contribution in [2.45, 2.75) is 71.1 Å². The van der Waals surface area contributed by atoms with Gasteiger partial charge in [-0.2, -0.15) is 0 Å². The van der Waals surface area contributed by atoms with E-state index in [0.717, 1.165) is 17.8 Å². The van der Waals surface area contributed by atoms with Gasteiger partial charge in [-0.3, -0.25) is 0 Å². The zero-order valence-corrected chi connectivity index (χ0v) is 17.9. The lowest BCUT2D eigenvalue weighted by Crippen LogP contribution is -2.46. The van der Waals surface area contributed by atoms with Gasteiger partial charge in [-0.1, -0.05) is 67.5 Å². The molecule has 0 spiro atoms. The maximum atomic E-state index is 2.59. The Balaban J connectivity index is 1.27. The second-order valence-corrected chi connectivity index (χ2v) is 10.9. The van der Waals surface area contributed by atoms with E-state index in [9.17, 15) is 0 Å². The maximum absolute atomic E-state index is 2.59. The van der Waals surface area contributed by atoms with E-state index >= 15 is 0 Å². The first kappa shape index (κ1) is 18.0. The van der Waals surface area contributed by atoms with Crippen molar-refractivity contribution >= 4 is 6.08 Å². The fourth-order valence-corrected chi connectivity index (χ4v) is 7.93. The van der Waals surface area contributed by atoms with Crippen LogP contribution < -0.4 is 0 Å². The minimum absolute atomic E-state index is 0.657. The Labute approximate surface area is 176 Å². The first-order chi connectivity index (χ1) is 14.2. The molecular weight excluding hydrogens is 348 g/mol. The molecule has 0 heterocycles. The topological polar surface area (TPSA) is 0 Å². The van der Waals surface area contributed by atoms with Crippen molar-refractivity contribution in [2.24, 2.45) is 23.2 Å². The summed E-state index contributed by atoms with van der Waals surface area (Å²) in [5.41, 5.74) is 9.72. The van der Waals surface area contributed by atoms with Gasteiger partial charge in [0.05, 0.1) is 0 Å². The molecule has 29 heavy (non-hydrogen) atoms. The maximum Gasteiger partial charge on any atom is -0.00574 e. The number of hydrogen-bond donors (Lipinski definition) is 0. The van der Waals surface area contributed by atoms with E-state index in [4.69, 9.17) is 0 Å². The third-order valence-electron chi connectivity index (χ3n) is 8.53. The molecule has 0 unspecified atom stereocenters. The first-order valence-electron chi connectivity index (χ1n) is 12.1. The molecular formula is C29H34. The minimum Gasteiger partial charge on any atom is -0.0651 e. The Morgan fingerprint density at radius 1 is 0.862 bits per heavy atom. The van der Waals surface area contributed by atoms with Crippen molar-refractivity contribution in [3.63, 3.8) is 0 Å². The molecule has 150 valence electrons. The predicted octanol–water partition coefficient (Wildman–Crippen LogP) is 7.85. The highest BCUT2D eigenvalue weighted by Crippen LogP contribution is 2.62. The van der Waals surface area contributed by atoms with Crippen LogP contribution in [0.2, 0.25) is 0 Å². The fraction of sp³-hybridized carbons (Fsp3) is 0.517. The molecule has 4 saturated carbocycles. The van der Waals surface area contributed by atoms with Gasteiger partial charge >= 0.3 is 0 Å². The summed E-state index contributed by atoms with van der Waals surface area (Å²) in [7, 11) is 0. The third-order valence-corrected chi connectivity index (χ3v) is 8.53. The molecule has 0 radical (unpaired) electrons. The molecule has 0 aliphatic heterocycles. The Morgan fingerprint density at radius 2 is 1.55 bits per heavy atom. The monoisotopic (exact) mass is 382 g/mol. The summed E-state index contributed by atoms with van der Waals surface area (Å²) in [5.74, 6) is 3.17. The van der Waals surface area contributed by atoms with Crippen LogP contribution in [-0.2, 0) is 12.8 Å². The van der Waals surface area contributed by atoms with E-state index in [0.29, 0.717) is 5.41 Å². The van der Waals surface area contributed by atoms with Gasteiger partial charge in [0.1, 0.15) is 0 Å². The van der Waals surface area contributed by atoms with Gasteiger partial charge in [0, 0.05) is 0 Å². The lowest BCUT2D eigenvalue weighted by Gasteiger charge is -2.57. The van der Waals surface area contributed by atoms with Gasteiger partial charge in [-0.05, 0) is 109 Å². The van der Waals surface area contributed by atoms with E-state index in [1.54, 1.807) is 30.4 Å². The zero-order chi connectivity index (χ0) is 19.4. The average Bonchev–Trinajstić information content (AvgIpc) is 3.09. The lowest BCUT2D eigenvalue weighted by molar-refractivity contribution is -0.0521. The summed E-state index contributed by atoms with van der Waals surface area (Å²) in [5, 5.41) is 0. The Kier molecular flexibility index (Phi) is 4.26. The SMILES string of the molecule is CCCc1ccc(-c2cccc3c2C=C(CC24CC5CC(CC(C5)C2)C4)C3)cc1. The van der Waals surface area contributed by atoms with E-state index < -0.39 is 0 Å². The molecule has 5 aliphatic rings. The van der Waals surface area contributed by atoms with Gasteiger partial charge in [0.15, 0.2) is 0 Å². The summed E-state index contributed by atoms with van der Waals surface area (Å²) in [6.45, 7) is 2.26. The summed E-state index contributed by atoms with van der Waals surface area (Å²) < 4.78 is 0. The number of benzene rings is 2. The van der Waals surface area contributed by atoms with Crippen molar-refractivity contribution in [1.82, 2.24) is 0 Å². The van der Waals surface area contributed by atoms with Gasteiger partial charge in [0.25, 0.3) is 0 Å². The van der Waals surface area contributed by atoms with Crippen molar-refractivity contribution in [3.8, 4) is 11.1 Å². The standard InChI is InChI=1S/C29H34/c1-2-4-20-7-9-25(10-8-20)27-6-3-5-26-14-24(15-28(26)27)19-29-16-21-11-22(17-29)13-23(12-21)18-29/h3,5-10,15,21-23H,2,4,11-14,16-19H2,1H3. The molecule has 0 nitrogen and oxygen atoms in total. The second-order valence-electron chi connectivity index (χ2n) is 10.9. The number of fused-ring (bicyclic) bond motifs is 1.